The first-order valence-corrected chi connectivity index (χ1v) is 6.24. The molecule has 0 radical (unpaired) electrons. The molecule has 0 unspecified atom stereocenters. The van der Waals surface area contributed by atoms with E-state index in [0.29, 0.717) is 30.2 Å². The lowest BCUT2D eigenvalue weighted by molar-refractivity contribution is 0.0527. The summed E-state index contributed by atoms with van der Waals surface area (Å²) in [5.41, 5.74) is 7.14. The van der Waals surface area contributed by atoms with Crippen molar-refractivity contribution in [3.05, 3.63) is 23.8 Å². The maximum absolute atomic E-state index is 11.9. The van der Waals surface area contributed by atoms with Crippen LogP contribution in [0, 0.1) is 0 Å². The molecule has 5 heteroatoms. The molecule has 0 fully saturated rings. The number of benzene rings is 1. The summed E-state index contributed by atoms with van der Waals surface area (Å²) in [5, 5.41) is 3.24. The molecule has 0 saturated carbocycles. The van der Waals surface area contributed by atoms with Crippen molar-refractivity contribution in [1.82, 2.24) is 0 Å². The molecule has 3 N–H and O–H groups in total. The summed E-state index contributed by atoms with van der Waals surface area (Å²) in [7, 11) is 1.63. The topological polar surface area (TPSA) is 73.6 Å². The fraction of sp³-hybridized carbons (Fsp3) is 0.500. The van der Waals surface area contributed by atoms with E-state index in [1.807, 2.05) is 13.8 Å². The van der Waals surface area contributed by atoms with E-state index in [1.165, 1.54) is 0 Å². The molecule has 0 aliphatic carbocycles. The summed E-state index contributed by atoms with van der Waals surface area (Å²) in [6.07, 6.45) is 0. The fourth-order valence-electron chi connectivity index (χ4n) is 1.82. The van der Waals surface area contributed by atoms with E-state index >= 15 is 0 Å². The lowest BCUT2D eigenvalue weighted by atomic mass is 10.0. The Balaban J connectivity index is 3.08. The Labute approximate surface area is 114 Å². The van der Waals surface area contributed by atoms with Gasteiger partial charge in [-0.3, -0.25) is 0 Å². The molecule has 0 atom stereocenters. The van der Waals surface area contributed by atoms with Gasteiger partial charge >= 0.3 is 5.97 Å². The number of nitrogens with two attached hydrogens (primary N) is 1. The Morgan fingerprint density at radius 3 is 2.68 bits per heavy atom. The Morgan fingerprint density at radius 2 is 2.11 bits per heavy atom. The van der Waals surface area contributed by atoms with E-state index in [-0.39, 0.29) is 11.5 Å². The fourth-order valence-corrected chi connectivity index (χ4v) is 1.82. The van der Waals surface area contributed by atoms with Crippen molar-refractivity contribution in [3.8, 4) is 0 Å². The minimum Gasteiger partial charge on any atom is -0.462 e. The highest BCUT2D eigenvalue weighted by Crippen LogP contribution is 2.27. The Kier molecular flexibility index (Phi) is 5.18. The second kappa shape index (κ2) is 6.43. The summed E-state index contributed by atoms with van der Waals surface area (Å²) in [5.74, 6) is -0.384. The smallest absolute Gasteiger partial charge is 0.340 e. The van der Waals surface area contributed by atoms with Crippen molar-refractivity contribution in [2.24, 2.45) is 0 Å². The highest BCUT2D eigenvalue weighted by Gasteiger charge is 2.22. The SMILES string of the molecule is CCOC(=O)c1cccc(N)c1NC(C)(C)COC. The van der Waals surface area contributed by atoms with Crippen LogP contribution in [0.5, 0.6) is 0 Å². The van der Waals surface area contributed by atoms with E-state index in [9.17, 15) is 4.79 Å². The number of para-hydroxylation sites is 1. The summed E-state index contributed by atoms with van der Waals surface area (Å²) in [6, 6.07) is 5.17. The third-order valence-electron chi connectivity index (χ3n) is 2.56. The maximum atomic E-state index is 11.9. The summed E-state index contributed by atoms with van der Waals surface area (Å²) < 4.78 is 10.2. The van der Waals surface area contributed by atoms with Crippen LogP contribution < -0.4 is 11.1 Å². The number of carbonyl (C=O) groups excluding carboxylic acids is 1. The molecule has 0 spiro atoms. The van der Waals surface area contributed by atoms with Gasteiger partial charge in [0.1, 0.15) is 0 Å². The predicted octanol–water partition coefficient (Wildman–Crippen LogP) is 2.28. The lowest BCUT2D eigenvalue weighted by Gasteiger charge is -2.28. The molecular weight excluding hydrogens is 244 g/mol. The highest BCUT2D eigenvalue weighted by atomic mass is 16.5. The number of nitrogens with one attached hydrogen (secondary N) is 1. The summed E-state index contributed by atoms with van der Waals surface area (Å²) in [6.45, 7) is 6.53. The van der Waals surface area contributed by atoms with Crippen molar-refractivity contribution in [2.75, 3.05) is 31.4 Å². The number of esters is 1. The van der Waals surface area contributed by atoms with Crippen molar-refractivity contribution >= 4 is 17.3 Å². The first-order valence-electron chi connectivity index (χ1n) is 6.24. The standard InChI is InChI=1S/C14H22N2O3/c1-5-19-13(17)10-7-6-8-11(15)12(10)16-14(2,3)9-18-4/h6-8,16H,5,9,15H2,1-4H3. The lowest BCUT2D eigenvalue weighted by Crippen LogP contribution is -2.36. The molecule has 1 aromatic carbocycles. The zero-order valence-corrected chi connectivity index (χ0v) is 11.9. The van der Waals surface area contributed by atoms with Crippen LogP contribution in [0.4, 0.5) is 11.4 Å². The number of hydrogen-bond acceptors (Lipinski definition) is 5. The van der Waals surface area contributed by atoms with E-state index < -0.39 is 0 Å². The second-order valence-corrected chi connectivity index (χ2v) is 4.93. The first kappa shape index (κ1) is 15.3. The number of hydrogen-bond donors (Lipinski definition) is 2. The molecular formula is C14H22N2O3. The largest absolute Gasteiger partial charge is 0.462 e. The molecule has 0 saturated heterocycles. The maximum Gasteiger partial charge on any atom is 0.340 e. The van der Waals surface area contributed by atoms with Gasteiger partial charge in [0, 0.05) is 7.11 Å². The van der Waals surface area contributed by atoms with E-state index in [1.54, 1.807) is 32.2 Å². The summed E-state index contributed by atoms with van der Waals surface area (Å²) >= 11 is 0. The number of anilines is 2. The van der Waals surface area contributed by atoms with Crippen LogP contribution >= 0.6 is 0 Å². The van der Waals surface area contributed by atoms with Crippen molar-refractivity contribution < 1.29 is 14.3 Å². The van der Waals surface area contributed by atoms with Crippen LogP contribution in [0.25, 0.3) is 0 Å². The monoisotopic (exact) mass is 266 g/mol. The van der Waals surface area contributed by atoms with Crippen LogP contribution in [0.3, 0.4) is 0 Å². The van der Waals surface area contributed by atoms with E-state index in [4.69, 9.17) is 15.2 Å². The van der Waals surface area contributed by atoms with Crippen molar-refractivity contribution in [2.45, 2.75) is 26.3 Å². The number of rotatable bonds is 6. The first-order chi connectivity index (χ1) is 8.91. The van der Waals surface area contributed by atoms with Crippen LogP contribution in [-0.2, 0) is 9.47 Å². The molecule has 0 amide bonds. The van der Waals surface area contributed by atoms with Gasteiger partial charge in [-0.25, -0.2) is 4.79 Å². The van der Waals surface area contributed by atoms with Gasteiger partial charge in [0.25, 0.3) is 0 Å². The quantitative estimate of drug-likeness (QED) is 0.610. The molecule has 1 rings (SSSR count). The van der Waals surface area contributed by atoms with E-state index in [0.717, 1.165) is 0 Å². The minimum absolute atomic E-state index is 0.328. The third-order valence-corrected chi connectivity index (χ3v) is 2.56. The van der Waals surface area contributed by atoms with Gasteiger partial charge in [0.2, 0.25) is 0 Å². The van der Waals surface area contributed by atoms with Crippen molar-refractivity contribution in [3.63, 3.8) is 0 Å². The second-order valence-electron chi connectivity index (χ2n) is 4.93. The minimum atomic E-state index is -0.384. The van der Waals surface area contributed by atoms with Gasteiger partial charge in [-0.2, -0.15) is 0 Å². The number of ether oxygens (including phenoxy) is 2. The molecule has 1 aromatic rings. The zero-order chi connectivity index (χ0) is 14.5. The van der Waals surface area contributed by atoms with Gasteiger partial charge in [-0.15, -0.1) is 0 Å². The van der Waals surface area contributed by atoms with Gasteiger partial charge in [-0.1, -0.05) is 6.07 Å². The molecule has 106 valence electrons. The molecule has 19 heavy (non-hydrogen) atoms. The molecule has 0 aliphatic rings. The van der Waals surface area contributed by atoms with Gasteiger partial charge in [0.15, 0.2) is 0 Å². The van der Waals surface area contributed by atoms with Crippen LogP contribution in [-0.4, -0.2) is 31.8 Å². The average molecular weight is 266 g/mol. The van der Waals surface area contributed by atoms with Crippen LogP contribution in [0.15, 0.2) is 18.2 Å². The normalized spacial score (nSPS) is 11.2. The van der Waals surface area contributed by atoms with Crippen molar-refractivity contribution in [1.29, 1.82) is 0 Å². The molecule has 0 bridgehead atoms. The van der Waals surface area contributed by atoms with Gasteiger partial charge in [0.05, 0.1) is 35.7 Å². The Morgan fingerprint density at radius 1 is 1.42 bits per heavy atom. The number of methoxy groups -OCH3 is 1. The van der Waals surface area contributed by atoms with Crippen LogP contribution in [0.1, 0.15) is 31.1 Å². The molecule has 0 aliphatic heterocycles. The van der Waals surface area contributed by atoms with Crippen LogP contribution in [0.2, 0.25) is 0 Å². The number of nitrogen functional groups attached to an aromatic ring is 1. The predicted molar refractivity (Wildman–Crippen MR) is 76.4 cm³/mol. The Bertz CT molecular complexity index is 444. The highest BCUT2D eigenvalue weighted by molar-refractivity contribution is 5.99. The molecule has 0 heterocycles. The Hall–Kier alpha value is -1.75. The van der Waals surface area contributed by atoms with Gasteiger partial charge in [-0.05, 0) is 32.9 Å². The average Bonchev–Trinajstić information content (AvgIpc) is 2.31. The van der Waals surface area contributed by atoms with E-state index in [2.05, 4.69) is 5.32 Å². The van der Waals surface area contributed by atoms with Gasteiger partial charge < -0.3 is 20.5 Å². The third kappa shape index (κ3) is 4.13. The molecule has 5 nitrogen and oxygen atoms in total. The number of carbonyl (C=O) groups is 1. The molecule has 0 aromatic heterocycles. The summed E-state index contributed by atoms with van der Waals surface area (Å²) in [4.78, 5) is 11.9. The zero-order valence-electron chi connectivity index (χ0n) is 11.9.